The number of carbonyl (C=O) groups excluding carboxylic acids is 1. The Kier molecular flexibility index (Phi) is 6.49. The minimum atomic E-state index is -0.154. The van der Waals surface area contributed by atoms with Crippen LogP contribution in [0.2, 0.25) is 0 Å². The number of rotatable bonds is 7. The molecule has 5 heteroatoms. The first-order chi connectivity index (χ1) is 9.86. The summed E-state index contributed by atoms with van der Waals surface area (Å²) in [6.07, 6.45) is 0. The van der Waals surface area contributed by atoms with Gasteiger partial charge in [-0.15, -0.1) is 0 Å². The molecule has 3 N–H and O–H groups in total. The molecule has 0 heterocycles. The number of hydrogen-bond donors (Lipinski definition) is 2. The molecule has 0 unspecified atom stereocenters. The highest BCUT2D eigenvalue weighted by Gasteiger charge is 2.13. The molecule has 118 valence electrons. The molecule has 0 aromatic heterocycles. The summed E-state index contributed by atoms with van der Waals surface area (Å²) in [5.74, 6) is 0.467. The maximum Gasteiger partial charge on any atom is 0.251 e. The number of amides is 1. The molecule has 1 rings (SSSR count). The Morgan fingerprint density at radius 1 is 1.29 bits per heavy atom. The standard InChI is InChI=1S/C16H27N3O2/c1-11(2)19(12(3)4)8-9-21-15-7-6-13(10-14(15)17)16(20)18-5/h6-7,10-12H,8-9,17H2,1-5H3,(H,18,20). The van der Waals surface area contributed by atoms with Gasteiger partial charge in [-0.2, -0.15) is 0 Å². The Balaban J connectivity index is 2.62. The Bertz CT molecular complexity index is 465. The molecule has 0 aliphatic carbocycles. The van der Waals surface area contributed by atoms with Gasteiger partial charge >= 0.3 is 0 Å². The van der Waals surface area contributed by atoms with Crippen LogP contribution in [0.3, 0.4) is 0 Å². The Labute approximate surface area is 127 Å². The van der Waals surface area contributed by atoms with Crippen molar-refractivity contribution in [2.75, 3.05) is 25.9 Å². The highest BCUT2D eigenvalue weighted by Crippen LogP contribution is 2.22. The average Bonchev–Trinajstić information content (AvgIpc) is 2.43. The van der Waals surface area contributed by atoms with Crippen molar-refractivity contribution in [2.45, 2.75) is 39.8 Å². The van der Waals surface area contributed by atoms with E-state index in [1.807, 2.05) is 0 Å². The summed E-state index contributed by atoms with van der Waals surface area (Å²) in [6.45, 7) is 10.1. The molecule has 1 amide bonds. The van der Waals surface area contributed by atoms with Crippen LogP contribution in [0.5, 0.6) is 5.75 Å². The van der Waals surface area contributed by atoms with Gasteiger partial charge in [-0.3, -0.25) is 9.69 Å². The van der Waals surface area contributed by atoms with E-state index in [1.165, 1.54) is 0 Å². The van der Waals surface area contributed by atoms with Crippen LogP contribution < -0.4 is 15.8 Å². The van der Waals surface area contributed by atoms with Crippen molar-refractivity contribution < 1.29 is 9.53 Å². The van der Waals surface area contributed by atoms with Crippen molar-refractivity contribution in [1.82, 2.24) is 10.2 Å². The fourth-order valence-corrected chi connectivity index (χ4v) is 2.34. The minimum Gasteiger partial charge on any atom is -0.490 e. The molecule has 0 saturated heterocycles. The summed E-state index contributed by atoms with van der Waals surface area (Å²) in [5, 5.41) is 2.57. The molecule has 1 aromatic rings. The number of anilines is 1. The third kappa shape index (κ3) is 4.93. The van der Waals surface area contributed by atoms with Gasteiger partial charge in [-0.05, 0) is 45.9 Å². The molecule has 0 fully saturated rings. The largest absolute Gasteiger partial charge is 0.490 e. The second kappa shape index (κ2) is 7.88. The van der Waals surface area contributed by atoms with Crippen LogP contribution in [0, 0.1) is 0 Å². The van der Waals surface area contributed by atoms with E-state index in [1.54, 1.807) is 25.2 Å². The molecule has 0 aliphatic heterocycles. The zero-order valence-electron chi connectivity index (χ0n) is 13.6. The van der Waals surface area contributed by atoms with Gasteiger partial charge < -0.3 is 15.8 Å². The summed E-state index contributed by atoms with van der Waals surface area (Å²) >= 11 is 0. The summed E-state index contributed by atoms with van der Waals surface area (Å²) in [7, 11) is 1.59. The number of ether oxygens (including phenoxy) is 1. The van der Waals surface area contributed by atoms with E-state index < -0.39 is 0 Å². The Hall–Kier alpha value is -1.75. The first-order valence-electron chi connectivity index (χ1n) is 7.37. The van der Waals surface area contributed by atoms with E-state index in [-0.39, 0.29) is 5.91 Å². The fourth-order valence-electron chi connectivity index (χ4n) is 2.34. The first-order valence-corrected chi connectivity index (χ1v) is 7.37. The highest BCUT2D eigenvalue weighted by atomic mass is 16.5. The fraction of sp³-hybridized carbons (Fsp3) is 0.562. The van der Waals surface area contributed by atoms with Crippen LogP contribution in [0.4, 0.5) is 5.69 Å². The molecule has 5 nitrogen and oxygen atoms in total. The van der Waals surface area contributed by atoms with E-state index in [2.05, 4.69) is 37.9 Å². The van der Waals surface area contributed by atoms with Gasteiger partial charge in [0.1, 0.15) is 12.4 Å². The Morgan fingerprint density at radius 3 is 2.38 bits per heavy atom. The van der Waals surface area contributed by atoms with Crippen LogP contribution in [-0.2, 0) is 0 Å². The molecule has 0 radical (unpaired) electrons. The van der Waals surface area contributed by atoms with Gasteiger partial charge in [0.05, 0.1) is 5.69 Å². The SMILES string of the molecule is CNC(=O)c1ccc(OCCN(C(C)C)C(C)C)c(N)c1. The summed E-state index contributed by atoms with van der Waals surface area (Å²) in [6, 6.07) is 6.04. The quantitative estimate of drug-likeness (QED) is 0.756. The van der Waals surface area contributed by atoms with Crippen LogP contribution in [0.1, 0.15) is 38.1 Å². The number of hydrogen-bond acceptors (Lipinski definition) is 4. The van der Waals surface area contributed by atoms with Crippen LogP contribution in [0.15, 0.2) is 18.2 Å². The number of carbonyl (C=O) groups is 1. The van der Waals surface area contributed by atoms with Crippen molar-refractivity contribution in [1.29, 1.82) is 0 Å². The summed E-state index contributed by atoms with van der Waals surface area (Å²) in [5.41, 5.74) is 6.95. The third-order valence-electron chi connectivity index (χ3n) is 3.43. The van der Waals surface area contributed by atoms with Gasteiger partial charge in [0.15, 0.2) is 0 Å². The molecule has 0 saturated carbocycles. The van der Waals surface area contributed by atoms with Crippen molar-refractivity contribution in [3.05, 3.63) is 23.8 Å². The second-order valence-electron chi connectivity index (χ2n) is 5.61. The molecular weight excluding hydrogens is 266 g/mol. The van der Waals surface area contributed by atoms with Crippen LogP contribution >= 0.6 is 0 Å². The number of nitrogens with one attached hydrogen (secondary N) is 1. The van der Waals surface area contributed by atoms with Gasteiger partial charge in [0.2, 0.25) is 0 Å². The lowest BCUT2D eigenvalue weighted by Gasteiger charge is -2.30. The lowest BCUT2D eigenvalue weighted by Crippen LogP contribution is -2.39. The molecule has 0 atom stereocenters. The monoisotopic (exact) mass is 293 g/mol. The molecular formula is C16H27N3O2. The summed E-state index contributed by atoms with van der Waals surface area (Å²) < 4.78 is 5.74. The average molecular weight is 293 g/mol. The molecule has 21 heavy (non-hydrogen) atoms. The van der Waals surface area contributed by atoms with E-state index in [0.29, 0.717) is 35.7 Å². The molecule has 1 aromatic carbocycles. The number of nitrogen functional groups attached to an aromatic ring is 1. The van der Waals surface area contributed by atoms with E-state index in [9.17, 15) is 4.79 Å². The predicted octanol–water partition coefficient (Wildman–Crippen LogP) is 2.13. The topological polar surface area (TPSA) is 67.6 Å². The van der Waals surface area contributed by atoms with Gasteiger partial charge in [-0.1, -0.05) is 0 Å². The third-order valence-corrected chi connectivity index (χ3v) is 3.43. The van der Waals surface area contributed by atoms with Crippen molar-refractivity contribution in [3.8, 4) is 5.75 Å². The smallest absolute Gasteiger partial charge is 0.251 e. The maximum atomic E-state index is 11.5. The van der Waals surface area contributed by atoms with Crippen LogP contribution in [0.25, 0.3) is 0 Å². The van der Waals surface area contributed by atoms with Gasteiger partial charge in [0.25, 0.3) is 5.91 Å². The zero-order chi connectivity index (χ0) is 16.0. The van der Waals surface area contributed by atoms with Crippen molar-refractivity contribution in [3.63, 3.8) is 0 Å². The molecule has 0 bridgehead atoms. The van der Waals surface area contributed by atoms with Gasteiger partial charge in [0, 0.05) is 31.2 Å². The van der Waals surface area contributed by atoms with Crippen LogP contribution in [-0.4, -0.2) is 43.1 Å². The zero-order valence-corrected chi connectivity index (χ0v) is 13.6. The first kappa shape index (κ1) is 17.3. The molecule has 0 aliphatic rings. The van der Waals surface area contributed by atoms with E-state index in [0.717, 1.165) is 6.54 Å². The lowest BCUT2D eigenvalue weighted by atomic mass is 10.2. The predicted molar refractivity (Wildman–Crippen MR) is 86.7 cm³/mol. The molecule has 0 spiro atoms. The van der Waals surface area contributed by atoms with Crippen molar-refractivity contribution >= 4 is 11.6 Å². The number of nitrogens with two attached hydrogens (primary N) is 1. The van der Waals surface area contributed by atoms with E-state index >= 15 is 0 Å². The Morgan fingerprint density at radius 2 is 1.90 bits per heavy atom. The number of nitrogens with zero attached hydrogens (tertiary/aromatic N) is 1. The van der Waals surface area contributed by atoms with E-state index in [4.69, 9.17) is 10.5 Å². The van der Waals surface area contributed by atoms with Crippen molar-refractivity contribution in [2.24, 2.45) is 0 Å². The number of benzene rings is 1. The normalized spacial score (nSPS) is 11.2. The minimum absolute atomic E-state index is 0.154. The summed E-state index contributed by atoms with van der Waals surface area (Å²) in [4.78, 5) is 13.9. The highest BCUT2D eigenvalue weighted by molar-refractivity contribution is 5.95. The van der Waals surface area contributed by atoms with Gasteiger partial charge in [-0.25, -0.2) is 0 Å². The lowest BCUT2D eigenvalue weighted by molar-refractivity contribution is 0.0963. The second-order valence-corrected chi connectivity index (χ2v) is 5.61. The maximum absolute atomic E-state index is 11.5.